The van der Waals surface area contributed by atoms with E-state index in [1.807, 2.05) is 26.0 Å². The number of benzene rings is 1. The summed E-state index contributed by atoms with van der Waals surface area (Å²) in [5, 5.41) is 3.46. The maximum absolute atomic E-state index is 12.5. The van der Waals surface area contributed by atoms with Crippen molar-refractivity contribution in [3.8, 4) is 0 Å². The zero-order valence-corrected chi connectivity index (χ0v) is 14.0. The van der Waals surface area contributed by atoms with Crippen molar-refractivity contribution in [2.75, 3.05) is 23.3 Å². The van der Waals surface area contributed by atoms with Gasteiger partial charge in [-0.2, -0.15) is 0 Å². The molecule has 1 N–H and O–H groups in total. The van der Waals surface area contributed by atoms with Gasteiger partial charge < -0.3 is 10.2 Å². The van der Waals surface area contributed by atoms with Crippen LogP contribution in [-0.2, 0) is 0 Å². The molecule has 23 heavy (non-hydrogen) atoms. The highest BCUT2D eigenvalue weighted by molar-refractivity contribution is 6.31. The van der Waals surface area contributed by atoms with Gasteiger partial charge in [-0.3, -0.25) is 4.79 Å². The van der Waals surface area contributed by atoms with Gasteiger partial charge in [-0.1, -0.05) is 17.7 Å². The molecule has 1 aliphatic rings. The summed E-state index contributed by atoms with van der Waals surface area (Å²) < 4.78 is 0. The van der Waals surface area contributed by atoms with Gasteiger partial charge >= 0.3 is 0 Å². The van der Waals surface area contributed by atoms with Crippen LogP contribution in [0, 0.1) is 13.8 Å². The third-order valence-electron chi connectivity index (χ3n) is 3.89. The molecule has 0 aliphatic carbocycles. The molecule has 0 unspecified atom stereocenters. The topological polar surface area (TPSA) is 58.1 Å². The summed E-state index contributed by atoms with van der Waals surface area (Å²) in [6.07, 6.45) is 2.28. The number of hydrogen-bond acceptors (Lipinski definition) is 4. The minimum absolute atomic E-state index is 0.254. The van der Waals surface area contributed by atoms with Crippen LogP contribution in [0.4, 0.5) is 11.6 Å². The maximum atomic E-state index is 12.5. The van der Waals surface area contributed by atoms with E-state index in [0.29, 0.717) is 22.4 Å². The highest BCUT2D eigenvalue weighted by atomic mass is 35.5. The van der Waals surface area contributed by atoms with E-state index in [-0.39, 0.29) is 5.91 Å². The predicted molar refractivity (Wildman–Crippen MR) is 92.4 cm³/mol. The molecule has 1 aromatic carbocycles. The van der Waals surface area contributed by atoms with E-state index in [1.54, 1.807) is 12.1 Å². The third kappa shape index (κ3) is 3.62. The van der Waals surface area contributed by atoms with Gasteiger partial charge in [0.2, 0.25) is 5.95 Å². The largest absolute Gasteiger partial charge is 0.341 e. The molecule has 6 heteroatoms. The van der Waals surface area contributed by atoms with E-state index in [2.05, 4.69) is 20.2 Å². The van der Waals surface area contributed by atoms with Crippen molar-refractivity contribution in [2.24, 2.45) is 0 Å². The van der Waals surface area contributed by atoms with E-state index in [4.69, 9.17) is 11.6 Å². The first-order chi connectivity index (χ1) is 11.0. The lowest BCUT2D eigenvalue weighted by Gasteiger charge is -2.16. The molecule has 5 nitrogen and oxygen atoms in total. The monoisotopic (exact) mass is 330 g/mol. The van der Waals surface area contributed by atoms with Gasteiger partial charge in [0, 0.05) is 29.5 Å². The fraction of sp³-hybridized carbons (Fsp3) is 0.353. The van der Waals surface area contributed by atoms with E-state index in [0.717, 1.165) is 37.2 Å². The second kappa shape index (κ2) is 6.54. The Hall–Kier alpha value is -2.14. The number of carbonyl (C=O) groups excluding carboxylic acids is 1. The number of aromatic nitrogens is 2. The average Bonchev–Trinajstić information content (AvgIpc) is 3.05. The zero-order valence-electron chi connectivity index (χ0n) is 13.3. The third-order valence-corrected chi connectivity index (χ3v) is 4.30. The van der Waals surface area contributed by atoms with Crippen LogP contribution in [0.1, 0.15) is 34.6 Å². The highest BCUT2D eigenvalue weighted by Crippen LogP contribution is 2.21. The normalized spacial score (nSPS) is 14.1. The van der Waals surface area contributed by atoms with E-state index in [1.165, 1.54) is 0 Å². The summed E-state index contributed by atoms with van der Waals surface area (Å²) in [5.74, 6) is 0.380. The molecule has 2 heterocycles. The SMILES string of the molecule is Cc1cc(C(=O)Nc2ccc(C)c(Cl)c2)nc(N2CCCC2)n1. The molecule has 0 atom stereocenters. The summed E-state index contributed by atoms with van der Waals surface area (Å²) >= 11 is 6.10. The minimum atomic E-state index is -0.254. The number of carbonyl (C=O) groups is 1. The molecule has 1 aliphatic heterocycles. The summed E-state index contributed by atoms with van der Waals surface area (Å²) in [5.41, 5.74) is 2.79. The van der Waals surface area contributed by atoms with Gasteiger partial charge in [0.05, 0.1) is 0 Å². The van der Waals surface area contributed by atoms with Crippen molar-refractivity contribution in [1.29, 1.82) is 0 Å². The molecular formula is C17H19ClN4O. The van der Waals surface area contributed by atoms with E-state index < -0.39 is 0 Å². The predicted octanol–water partition coefficient (Wildman–Crippen LogP) is 3.60. The standard InChI is InChI=1S/C17H19ClN4O/c1-11-5-6-13(10-14(11)18)20-16(23)15-9-12(2)19-17(21-15)22-7-3-4-8-22/h5-6,9-10H,3-4,7-8H2,1-2H3,(H,20,23). The fourth-order valence-electron chi connectivity index (χ4n) is 2.59. The average molecular weight is 331 g/mol. The molecule has 2 aromatic rings. The van der Waals surface area contributed by atoms with Crippen LogP contribution >= 0.6 is 11.6 Å². The number of aryl methyl sites for hydroxylation is 2. The molecule has 120 valence electrons. The Bertz CT molecular complexity index is 741. The number of rotatable bonds is 3. The summed E-state index contributed by atoms with van der Waals surface area (Å²) in [6, 6.07) is 7.14. The van der Waals surface area contributed by atoms with Crippen LogP contribution in [0.5, 0.6) is 0 Å². The molecule has 0 spiro atoms. The summed E-state index contributed by atoms with van der Waals surface area (Å²) in [6.45, 7) is 5.68. The van der Waals surface area contributed by atoms with Crippen LogP contribution < -0.4 is 10.2 Å². The lowest BCUT2D eigenvalue weighted by Crippen LogP contribution is -2.23. The van der Waals surface area contributed by atoms with Crippen LogP contribution in [0.2, 0.25) is 5.02 Å². The number of nitrogens with one attached hydrogen (secondary N) is 1. The lowest BCUT2D eigenvalue weighted by atomic mass is 10.2. The summed E-state index contributed by atoms with van der Waals surface area (Å²) in [4.78, 5) is 23.5. The second-order valence-corrected chi connectivity index (χ2v) is 6.21. The molecule has 1 saturated heterocycles. The van der Waals surface area contributed by atoms with E-state index >= 15 is 0 Å². The van der Waals surface area contributed by atoms with Crippen molar-refractivity contribution in [1.82, 2.24) is 9.97 Å². The number of anilines is 2. The lowest BCUT2D eigenvalue weighted by molar-refractivity contribution is 0.102. The van der Waals surface area contributed by atoms with Crippen molar-refractivity contribution in [2.45, 2.75) is 26.7 Å². The Morgan fingerprint density at radius 2 is 1.91 bits per heavy atom. The summed E-state index contributed by atoms with van der Waals surface area (Å²) in [7, 11) is 0. The Kier molecular flexibility index (Phi) is 4.48. The first-order valence-corrected chi connectivity index (χ1v) is 8.09. The maximum Gasteiger partial charge on any atom is 0.274 e. The van der Waals surface area contributed by atoms with Crippen LogP contribution in [-0.4, -0.2) is 29.0 Å². The second-order valence-electron chi connectivity index (χ2n) is 5.81. The molecule has 0 radical (unpaired) electrons. The molecular weight excluding hydrogens is 312 g/mol. The van der Waals surface area contributed by atoms with Crippen LogP contribution in [0.15, 0.2) is 24.3 Å². The van der Waals surface area contributed by atoms with Crippen LogP contribution in [0.3, 0.4) is 0 Å². The fourth-order valence-corrected chi connectivity index (χ4v) is 2.77. The number of amides is 1. The van der Waals surface area contributed by atoms with Gasteiger partial charge in [-0.25, -0.2) is 9.97 Å². The molecule has 3 rings (SSSR count). The van der Waals surface area contributed by atoms with Gasteiger partial charge in [-0.05, 0) is 50.5 Å². The Morgan fingerprint density at radius 1 is 1.17 bits per heavy atom. The molecule has 1 fully saturated rings. The van der Waals surface area contributed by atoms with Crippen molar-refractivity contribution in [3.63, 3.8) is 0 Å². The molecule has 1 aromatic heterocycles. The number of hydrogen-bond donors (Lipinski definition) is 1. The van der Waals surface area contributed by atoms with Gasteiger partial charge in [-0.15, -0.1) is 0 Å². The minimum Gasteiger partial charge on any atom is -0.341 e. The van der Waals surface area contributed by atoms with Gasteiger partial charge in [0.1, 0.15) is 5.69 Å². The van der Waals surface area contributed by atoms with Crippen LogP contribution in [0.25, 0.3) is 0 Å². The zero-order chi connectivity index (χ0) is 16.4. The first kappa shape index (κ1) is 15.7. The van der Waals surface area contributed by atoms with Gasteiger partial charge in [0.15, 0.2) is 0 Å². The van der Waals surface area contributed by atoms with E-state index in [9.17, 15) is 4.79 Å². The van der Waals surface area contributed by atoms with Crippen molar-refractivity contribution < 1.29 is 4.79 Å². The Morgan fingerprint density at radius 3 is 2.61 bits per heavy atom. The first-order valence-electron chi connectivity index (χ1n) is 7.71. The molecule has 0 saturated carbocycles. The smallest absolute Gasteiger partial charge is 0.274 e. The highest BCUT2D eigenvalue weighted by Gasteiger charge is 2.18. The molecule has 0 bridgehead atoms. The Balaban J connectivity index is 1.82. The molecule has 1 amide bonds. The van der Waals surface area contributed by atoms with Crippen molar-refractivity contribution >= 4 is 29.1 Å². The van der Waals surface area contributed by atoms with Gasteiger partial charge in [0.25, 0.3) is 5.91 Å². The Labute approximate surface area is 140 Å². The number of halogens is 1. The quantitative estimate of drug-likeness (QED) is 0.934. The number of nitrogens with zero attached hydrogens (tertiary/aromatic N) is 3. The van der Waals surface area contributed by atoms with Crippen molar-refractivity contribution in [3.05, 3.63) is 46.2 Å².